The van der Waals surface area contributed by atoms with Crippen LogP contribution in [-0.4, -0.2) is 35.8 Å². The van der Waals surface area contributed by atoms with Crippen LogP contribution in [0.5, 0.6) is 0 Å². The fourth-order valence-corrected chi connectivity index (χ4v) is 3.54. The van der Waals surface area contributed by atoms with E-state index in [-0.39, 0.29) is 28.7 Å². The van der Waals surface area contributed by atoms with Gasteiger partial charge in [-0.15, -0.1) is 10.2 Å². The maximum atomic E-state index is 13.1. The highest BCUT2D eigenvalue weighted by Crippen LogP contribution is 2.15. The van der Waals surface area contributed by atoms with Crippen molar-refractivity contribution in [2.24, 2.45) is 0 Å². The molecular weight excluding hydrogens is 407 g/mol. The van der Waals surface area contributed by atoms with Crippen LogP contribution in [0.1, 0.15) is 11.1 Å². The summed E-state index contributed by atoms with van der Waals surface area (Å²) in [5.74, 6) is -0.352. The van der Waals surface area contributed by atoms with Gasteiger partial charge in [0.25, 0.3) is 5.56 Å². The largest absolute Gasteiger partial charge is 0.351 e. The predicted molar refractivity (Wildman–Crippen MR) is 110 cm³/mol. The Morgan fingerprint density at radius 3 is 2.70 bits per heavy atom. The number of halogens is 1. The maximum absolute atomic E-state index is 13.1. The second-order valence-electron chi connectivity index (χ2n) is 6.46. The number of hydrogen-bond donors (Lipinski definition) is 1. The first-order valence-electron chi connectivity index (χ1n) is 9.07. The Hall–Kier alpha value is -3.53. The Kier molecular flexibility index (Phi) is 5.84. The molecule has 8 nitrogen and oxygen atoms in total. The van der Waals surface area contributed by atoms with Gasteiger partial charge in [0.05, 0.1) is 12.3 Å². The minimum absolute atomic E-state index is 0.139. The number of thioether (sulfide) groups is 1. The summed E-state index contributed by atoms with van der Waals surface area (Å²) in [6.45, 7) is 0.684. The van der Waals surface area contributed by atoms with E-state index in [1.165, 1.54) is 28.5 Å². The molecule has 1 aromatic carbocycles. The Balaban J connectivity index is 1.41. The lowest BCUT2D eigenvalue weighted by atomic mass is 10.2. The molecule has 0 aliphatic carbocycles. The molecule has 0 atom stereocenters. The van der Waals surface area contributed by atoms with Crippen molar-refractivity contribution in [2.75, 3.05) is 5.75 Å². The van der Waals surface area contributed by atoms with Gasteiger partial charge in [-0.3, -0.25) is 19.0 Å². The molecule has 30 heavy (non-hydrogen) atoms. The van der Waals surface area contributed by atoms with Crippen LogP contribution in [0.3, 0.4) is 0 Å². The van der Waals surface area contributed by atoms with E-state index in [4.69, 9.17) is 0 Å². The lowest BCUT2D eigenvalue weighted by Crippen LogP contribution is -2.24. The molecule has 0 unspecified atom stereocenters. The summed E-state index contributed by atoms with van der Waals surface area (Å²) < 4.78 is 16.1. The summed E-state index contributed by atoms with van der Waals surface area (Å²) >= 11 is 1.19. The van der Waals surface area contributed by atoms with E-state index in [1.807, 2.05) is 6.07 Å². The average molecular weight is 424 g/mol. The highest BCUT2D eigenvalue weighted by molar-refractivity contribution is 7.99. The third-order valence-electron chi connectivity index (χ3n) is 4.32. The topological polar surface area (TPSA) is 94.2 Å². The lowest BCUT2D eigenvalue weighted by molar-refractivity contribution is -0.118. The van der Waals surface area contributed by atoms with Gasteiger partial charge in [-0.2, -0.15) is 0 Å². The molecular formula is C20H17FN6O2S. The van der Waals surface area contributed by atoms with Crippen molar-refractivity contribution in [1.82, 2.24) is 29.5 Å². The van der Waals surface area contributed by atoms with Crippen LogP contribution in [0.2, 0.25) is 0 Å². The van der Waals surface area contributed by atoms with Crippen LogP contribution in [0.4, 0.5) is 4.39 Å². The van der Waals surface area contributed by atoms with Gasteiger partial charge in [-0.1, -0.05) is 30.0 Å². The first-order valence-corrected chi connectivity index (χ1v) is 10.1. The number of hydrogen-bond acceptors (Lipinski definition) is 6. The zero-order chi connectivity index (χ0) is 20.9. The third kappa shape index (κ3) is 4.54. The average Bonchev–Trinajstić information content (AvgIpc) is 3.19. The van der Waals surface area contributed by atoms with E-state index >= 15 is 0 Å². The minimum atomic E-state index is -0.329. The van der Waals surface area contributed by atoms with Gasteiger partial charge in [0.2, 0.25) is 11.6 Å². The summed E-state index contributed by atoms with van der Waals surface area (Å²) in [7, 11) is 0. The molecule has 0 saturated heterocycles. The van der Waals surface area contributed by atoms with Crippen LogP contribution in [0, 0.1) is 5.82 Å². The lowest BCUT2D eigenvalue weighted by Gasteiger charge is -2.07. The molecule has 3 heterocycles. The van der Waals surface area contributed by atoms with Gasteiger partial charge in [-0.05, 0) is 29.3 Å². The molecule has 152 valence electrons. The molecule has 10 heteroatoms. The zero-order valence-electron chi connectivity index (χ0n) is 15.7. The standard InChI is InChI=1S/C20H17FN6O2S/c21-16-5-3-14(4-6-16)12-26-8-9-27-18(19(26)29)24-25-20(27)30-13-17(28)23-11-15-2-1-7-22-10-15/h1-10H,11-13H2,(H,23,28). The molecule has 0 aliphatic heterocycles. The zero-order valence-corrected chi connectivity index (χ0v) is 16.6. The quantitative estimate of drug-likeness (QED) is 0.455. The summed E-state index contributed by atoms with van der Waals surface area (Å²) in [4.78, 5) is 28.8. The number of benzene rings is 1. The van der Waals surface area contributed by atoms with Crippen LogP contribution in [-0.2, 0) is 17.9 Å². The Morgan fingerprint density at radius 2 is 1.93 bits per heavy atom. The van der Waals surface area contributed by atoms with Crippen LogP contribution in [0.15, 0.2) is 71.1 Å². The molecule has 4 rings (SSSR count). The number of aromatic nitrogens is 5. The number of amides is 1. The fourth-order valence-electron chi connectivity index (χ4n) is 2.79. The molecule has 0 saturated carbocycles. The first kappa shape index (κ1) is 19.8. The highest BCUT2D eigenvalue weighted by atomic mass is 32.2. The number of carbonyl (C=O) groups excluding carboxylic acids is 1. The van der Waals surface area contributed by atoms with E-state index in [2.05, 4.69) is 20.5 Å². The molecule has 0 aliphatic rings. The van der Waals surface area contributed by atoms with E-state index < -0.39 is 0 Å². The Labute approximate surface area is 174 Å². The van der Waals surface area contributed by atoms with E-state index in [1.54, 1.807) is 47.4 Å². The second-order valence-corrected chi connectivity index (χ2v) is 7.40. The number of nitrogens with one attached hydrogen (secondary N) is 1. The van der Waals surface area contributed by atoms with Crippen molar-refractivity contribution in [3.05, 3.63) is 88.5 Å². The van der Waals surface area contributed by atoms with Crippen LogP contribution >= 0.6 is 11.8 Å². The van der Waals surface area contributed by atoms with E-state index in [0.717, 1.165) is 11.1 Å². The molecule has 4 aromatic rings. The first-order chi connectivity index (χ1) is 14.6. The second kappa shape index (κ2) is 8.87. The summed E-state index contributed by atoms with van der Waals surface area (Å²) in [5, 5.41) is 11.3. The number of nitrogens with zero attached hydrogens (tertiary/aromatic N) is 5. The van der Waals surface area contributed by atoms with Crippen LogP contribution in [0.25, 0.3) is 5.65 Å². The Morgan fingerprint density at radius 1 is 1.10 bits per heavy atom. The predicted octanol–water partition coefficient (Wildman–Crippen LogP) is 1.88. The van der Waals surface area contributed by atoms with Crippen LogP contribution < -0.4 is 10.9 Å². The molecule has 3 aromatic heterocycles. The van der Waals surface area contributed by atoms with Gasteiger partial charge in [0, 0.05) is 31.3 Å². The summed E-state index contributed by atoms with van der Waals surface area (Å²) in [6.07, 6.45) is 6.66. The minimum Gasteiger partial charge on any atom is -0.351 e. The fraction of sp³-hybridized carbons (Fsp3) is 0.150. The van der Waals surface area contributed by atoms with Crippen molar-refractivity contribution >= 4 is 23.3 Å². The van der Waals surface area contributed by atoms with Crippen molar-refractivity contribution in [3.8, 4) is 0 Å². The molecule has 0 bridgehead atoms. The van der Waals surface area contributed by atoms with E-state index in [0.29, 0.717) is 18.2 Å². The molecule has 1 amide bonds. The number of rotatable bonds is 7. The maximum Gasteiger partial charge on any atom is 0.296 e. The molecule has 0 fully saturated rings. The van der Waals surface area contributed by atoms with Crippen molar-refractivity contribution < 1.29 is 9.18 Å². The smallest absolute Gasteiger partial charge is 0.296 e. The van der Waals surface area contributed by atoms with Crippen molar-refractivity contribution in [3.63, 3.8) is 0 Å². The number of carbonyl (C=O) groups is 1. The van der Waals surface area contributed by atoms with Gasteiger partial charge < -0.3 is 9.88 Å². The van der Waals surface area contributed by atoms with Crippen molar-refractivity contribution in [2.45, 2.75) is 18.2 Å². The Bertz CT molecular complexity index is 1220. The van der Waals surface area contributed by atoms with Gasteiger partial charge in [0.1, 0.15) is 5.82 Å². The molecule has 0 radical (unpaired) electrons. The van der Waals surface area contributed by atoms with Crippen molar-refractivity contribution in [1.29, 1.82) is 0 Å². The number of pyridine rings is 1. The third-order valence-corrected chi connectivity index (χ3v) is 5.27. The van der Waals surface area contributed by atoms with Gasteiger partial charge in [0.15, 0.2) is 5.16 Å². The summed E-state index contributed by atoms with van der Waals surface area (Å²) in [6, 6.07) is 9.64. The molecule has 1 N–H and O–H groups in total. The van der Waals surface area contributed by atoms with E-state index in [9.17, 15) is 14.0 Å². The SMILES string of the molecule is O=C(CSc1nnc2c(=O)n(Cc3ccc(F)cc3)ccn12)NCc1cccnc1. The number of fused-ring (bicyclic) bond motifs is 1. The highest BCUT2D eigenvalue weighted by Gasteiger charge is 2.13. The normalized spacial score (nSPS) is 11.0. The summed E-state index contributed by atoms with van der Waals surface area (Å²) in [5.41, 5.74) is 1.55. The van der Waals surface area contributed by atoms with Gasteiger partial charge in [-0.25, -0.2) is 4.39 Å². The monoisotopic (exact) mass is 424 g/mol. The van der Waals surface area contributed by atoms with Gasteiger partial charge >= 0.3 is 0 Å². The molecule has 0 spiro atoms.